The Hall–Kier alpha value is -8.54. The zero-order valence-electron chi connectivity index (χ0n) is 57.5. The fraction of sp³-hybridized carbons (Fsp3) is 0.667. The van der Waals surface area contributed by atoms with Crippen molar-refractivity contribution in [2.24, 2.45) is 51.8 Å². The number of Topliss-reactive ketones (excluding diaryl/α,β-unsaturated/α-hetero) is 2. The minimum absolute atomic E-state index is 0.0173. The number of nitrogens with two attached hydrogens (primary N) is 5. The smallest absolute Gasteiger partial charge is 0.243 e. The second-order valence-electron chi connectivity index (χ2n) is 27.5. The van der Waals surface area contributed by atoms with Crippen molar-refractivity contribution in [3.63, 3.8) is 0 Å². The van der Waals surface area contributed by atoms with Crippen LogP contribution in [0.3, 0.4) is 0 Å². The number of benzene rings is 1. The molecule has 2 aromatic rings. The van der Waals surface area contributed by atoms with Gasteiger partial charge in [0, 0.05) is 41.9 Å². The fourth-order valence-corrected chi connectivity index (χ4v) is 11.3. The molecule has 30 nitrogen and oxygen atoms in total. The van der Waals surface area contributed by atoms with E-state index >= 15 is 4.79 Å². The average molecular weight is 1350 g/mol. The summed E-state index contributed by atoms with van der Waals surface area (Å²) in [5, 5.41) is 29.8. The fourth-order valence-electron chi connectivity index (χ4n) is 11.3. The lowest BCUT2D eigenvalue weighted by atomic mass is 9.85. The molecule has 0 bridgehead atoms. The molecule has 30 heteroatoms. The number of rotatable bonds is 24. The van der Waals surface area contributed by atoms with Crippen molar-refractivity contribution in [2.75, 3.05) is 6.54 Å². The lowest BCUT2D eigenvalue weighted by Gasteiger charge is -2.34. The summed E-state index contributed by atoms with van der Waals surface area (Å²) in [6, 6.07) is -4.48. The molecule has 1 fully saturated rings. The first kappa shape index (κ1) is 81.7. The van der Waals surface area contributed by atoms with Gasteiger partial charge in [-0.3, -0.25) is 67.7 Å². The molecule has 96 heavy (non-hydrogen) atoms. The maximum atomic E-state index is 15.1. The van der Waals surface area contributed by atoms with Crippen molar-refractivity contribution >= 4 is 93.4 Å². The lowest BCUT2D eigenvalue weighted by Crippen LogP contribution is -2.65. The van der Waals surface area contributed by atoms with Crippen LogP contribution in [-0.2, 0) is 68.7 Å². The van der Waals surface area contributed by atoms with Gasteiger partial charge in [-0.25, -0.2) is 10.9 Å². The first-order valence-electron chi connectivity index (χ1n) is 33.6. The highest BCUT2D eigenvalue weighted by molar-refractivity contribution is 6.41. The number of hydrogen-bond donors (Lipinski definition) is 17. The van der Waals surface area contributed by atoms with Gasteiger partial charge in [0.2, 0.25) is 76.5 Å². The number of aromatic amines is 1. The van der Waals surface area contributed by atoms with Gasteiger partial charge in [-0.05, 0) is 87.7 Å². The molecule has 1 aliphatic rings. The third-order valence-corrected chi connectivity index (χ3v) is 16.8. The Morgan fingerprint density at radius 2 is 1.09 bits per heavy atom. The predicted molar refractivity (Wildman–Crippen MR) is 361 cm³/mol. The summed E-state index contributed by atoms with van der Waals surface area (Å²) in [6.45, 7) is 15.8. The molecular formula is C66H109N17O13. The van der Waals surface area contributed by atoms with Gasteiger partial charge in [0.15, 0.2) is 5.96 Å². The Morgan fingerprint density at radius 1 is 0.583 bits per heavy atom. The normalized spacial score (nSPS) is 23.1. The average Bonchev–Trinajstić information content (AvgIpc) is 1.57. The summed E-state index contributed by atoms with van der Waals surface area (Å²) in [7, 11) is 0. The Labute approximate surface area is 562 Å². The lowest BCUT2D eigenvalue weighted by molar-refractivity contribution is -0.141. The van der Waals surface area contributed by atoms with Gasteiger partial charge in [-0.1, -0.05) is 131 Å². The van der Waals surface area contributed by atoms with E-state index in [1.807, 2.05) is 12.1 Å². The van der Waals surface area contributed by atoms with Crippen molar-refractivity contribution in [1.82, 2.24) is 58.4 Å². The minimum Gasteiger partial charge on any atom is -0.370 e. The maximum Gasteiger partial charge on any atom is 0.243 e. The molecule has 0 saturated carbocycles. The molecule has 1 aromatic heterocycles. The van der Waals surface area contributed by atoms with Gasteiger partial charge in [0.05, 0.1) is 24.9 Å². The molecule has 9 atom stereocenters. The van der Waals surface area contributed by atoms with Crippen LogP contribution in [0, 0.1) is 28.6 Å². The second-order valence-corrected chi connectivity index (χ2v) is 27.5. The van der Waals surface area contributed by atoms with Crippen LogP contribution >= 0.6 is 0 Å². The van der Waals surface area contributed by atoms with E-state index in [1.54, 1.807) is 73.7 Å². The highest BCUT2D eigenvalue weighted by atomic mass is 16.2. The number of guanidine groups is 1. The zero-order chi connectivity index (χ0) is 72.0. The molecule has 11 amide bonds. The zero-order valence-corrected chi connectivity index (χ0v) is 57.5. The van der Waals surface area contributed by atoms with Crippen molar-refractivity contribution in [1.29, 1.82) is 5.41 Å². The Balaban J connectivity index is 2.22. The first-order chi connectivity index (χ1) is 45.0. The summed E-state index contributed by atoms with van der Waals surface area (Å²) in [4.78, 5) is 183. The van der Waals surface area contributed by atoms with Crippen molar-refractivity contribution in [3.8, 4) is 0 Å². The van der Waals surface area contributed by atoms with E-state index < -0.39 is 155 Å². The summed E-state index contributed by atoms with van der Waals surface area (Å²) in [5.74, 6) is -12.7. The van der Waals surface area contributed by atoms with Crippen LogP contribution in [0.1, 0.15) is 196 Å². The van der Waals surface area contributed by atoms with Crippen LogP contribution in [0.5, 0.6) is 0 Å². The van der Waals surface area contributed by atoms with Crippen LogP contribution in [0.15, 0.2) is 30.5 Å². The van der Waals surface area contributed by atoms with E-state index in [9.17, 15) is 57.5 Å². The van der Waals surface area contributed by atoms with Gasteiger partial charge < -0.3 is 76.2 Å². The number of nitrogens with one attached hydrogen (secondary N) is 12. The molecular weight excluding hydrogens is 1240 g/mol. The number of amides is 11. The number of hydrogen-bond acceptors (Lipinski definition) is 16. The molecule has 0 unspecified atom stereocenters. The van der Waals surface area contributed by atoms with E-state index in [-0.39, 0.29) is 81.6 Å². The van der Waals surface area contributed by atoms with Crippen LogP contribution in [0.25, 0.3) is 10.9 Å². The second kappa shape index (κ2) is 40.1. The molecule has 22 N–H and O–H groups in total. The number of fused-ring (bicyclic) bond motifs is 1. The molecule has 0 aliphatic carbocycles. The number of carbonyl (C=O) groups excluding carboxylic acids is 13. The molecule has 0 radical (unpaired) electrons. The Kier molecular flexibility index (Phi) is 34.1. The van der Waals surface area contributed by atoms with Crippen molar-refractivity contribution in [2.45, 2.75) is 251 Å². The molecule has 1 aliphatic heterocycles. The number of primary amides is 4. The van der Waals surface area contributed by atoms with Crippen molar-refractivity contribution in [3.05, 3.63) is 36.0 Å². The van der Waals surface area contributed by atoms with Gasteiger partial charge in [0.1, 0.15) is 41.8 Å². The largest absolute Gasteiger partial charge is 0.370 e. The van der Waals surface area contributed by atoms with Gasteiger partial charge >= 0.3 is 0 Å². The quantitative estimate of drug-likeness (QED) is 0.0298. The number of aromatic nitrogens is 1. The standard InChI is InChI=1S/C66H109N17O13/c1-37(2)30-45-54(87)55(88)46(31-38(3)4)82-83-66(9,63(96)80-44(25-26-51(67)84)58(91)77-47(56(70)89)34-52(68)85)28-20-16-14-12-10-11-13-15-19-27-65(7,8)62(95)81-50(35-53(69)86)61(94)78-48(32-39(5)6)59(92)79-49(33-40-36-74-42-23-18-17-22-41(40)42)60(93)75-43(57(90)76-45)24-21-29-73-64(71)72/h17-18,22-23,36-39,43-50,74,82-83H,10-16,19-21,24-35H2,1-9H3,(H2,67,84)(H2,68,85)(H2,69,86)(H2,70,89)(H,75,93)(H,76,90)(H,77,91)(H,78,94)(H,79,92)(H,80,96)(H,81,95)(H4,71,72,73)/t43-,44-,45-,46-,47-,48-,49-,50-,66-/m0/s1. The SMILES string of the molecule is CC(C)C[C@@H]1NC(=O)[C@H](CC(N)=O)NC(=O)C(C)(C)CCCCCCCCCCC[C@@](C)(C(=O)N[C@@H](CCC(N)=O)C(=O)N[C@@H](CC(N)=O)C(N)=O)NN[C@@H](CC(C)C)C(=O)C(=O)[C@H](CC(C)C)NC(=O)[C@H](CCCNC(=N)N)NC(=O)[C@H](Cc2c[nH]c3ccccc23)NC1=O. The highest BCUT2D eigenvalue weighted by Crippen LogP contribution is 2.26. The minimum atomic E-state index is -1.69. The van der Waals surface area contributed by atoms with Crippen LogP contribution in [0.2, 0.25) is 0 Å². The first-order valence-corrected chi connectivity index (χ1v) is 33.6. The van der Waals surface area contributed by atoms with E-state index in [0.717, 1.165) is 38.5 Å². The number of hydrazine groups is 1. The highest BCUT2D eigenvalue weighted by Gasteiger charge is 2.41. The monoisotopic (exact) mass is 1350 g/mol. The summed E-state index contributed by atoms with van der Waals surface area (Å²) in [6.07, 6.45) is 6.56. The van der Waals surface area contributed by atoms with Gasteiger partial charge in [0.25, 0.3) is 0 Å². The topological polar surface area (TPSA) is 512 Å². The number of ketones is 2. The molecule has 0 spiro atoms. The summed E-state index contributed by atoms with van der Waals surface area (Å²) >= 11 is 0. The molecule has 536 valence electrons. The van der Waals surface area contributed by atoms with Crippen LogP contribution in [0.4, 0.5) is 0 Å². The van der Waals surface area contributed by atoms with E-state index in [1.165, 1.54) is 6.92 Å². The van der Waals surface area contributed by atoms with Crippen LogP contribution < -0.4 is 82.1 Å². The molecule has 1 aromatic carbocycles. The Bertz CT molecular complexity index is 3020. The van der Waals surface area contributed by atoms with Crippen molar-refractivity contribution < 1.29 is 62.3 Å². The molecule has 3 rings (SSSR count). The number of carbonyl (C=O) groups is 13. The van der Waals surface area contributed by atoms with E-state index in [4.69, 9.17) is 34.1 Å². The van der Waals surface area contributed by atoms with Crippen LogP contribution in [-0.4, -0.2) is 148 Å². The van der Waals surface area contributed by atoms with Gasteiger partial charge in [-0.2, -0.15) is 0 Å². The number of para-hydroxylation sites is 1. The third-order valence-electron chi connectivity index (χ3n) is 16.8. The molecule has 2 heterocycles. The predicted octanol–water partition coefficient (Wildman–Crippen LogP) is 0.698. The van der Waals surface area contributed by atoms with Gasteiger partial charge in [-0.15, -0.1) is 0 Å². The molecule has 1 saturated heterocycles. The maximum absolute atomic E-state index is 15.1. The van der Waals surface area contributed by atoms with E-state index in [0.29, 0.717) is 42.1 Å². The summed E-state index contributed by atoms with van der Waals surface area (Å²) in [5.41, 5.74) is 32.0. The van der Waals surface area contributed by atoms with E-state index in [2.05, 4.69) is 58.4 Å². The number of H-pyrrole nitrogens is 1. The summed E-state index contributed by atoms with van der Waals surface area (Å²) < 4.78 is 0. The third kappa shape index (κ3) is 28.8. The Morgan fingerprint density at radius 3 is 1.67 bits per heavy atom.